The molecule has 0 amide bonds. The van der Waals surface area contributed by atoms with Crippen LogP contribution < -0.4 is 0 Å². The van der Waals surface area contributed by atoms with Crippen molar-refractivity contribution in [3.05, 3.63) is 25.3 Å². The summed E-state index contributed by atoms with van der Waals surface area (Å²) in [5.41, 5.74) is 0. The number of carbonyl (C=O) groups is 2. The quantitative estimate of drug-likeness (QED) is 0.321. The van der Waals surface area contributed by atoms with Gasteiger partial charge in [-0.25, -0.2) is 9.59 Å². The van der Waals surface area contributed by atoms with Gasteiger partial charge in [-0.05, 0) is 6.42 Å². The molecule has 0 spiro atoms. The number of unbranched alkanes of at least 4 members (excludes halogenated alkanes) is 1. The van der Waals surface area contributed by atoms with Crippen LogP contribution in [0.3, 0.4) is 0 Å². The fourth-order valence-electron chi connectivity index (χ4n) is 0.499. The highest BCUT2D eigenvalue weighted by atomic mass is 16.6. The van der Waals surface area contributed by atoms with Crippen molar-refractivity contribution in [2.45, 2.75) is 19.8 Å². The van der Waals surface area contributed by atoms with Crippen LogP contribution in [0.1, 0.15) is 19.8 Å². The summed E-state index contributed by atoms with van der Waals surface area (Å²) in [5, 5.41) is 7.88. The van der Waals surface area contributed by atoms with Gasteiger partial charge in [-0.3, -0.25) is 0 Å². The van der Waals surface area contributed by atoms with Crippen molar-refractivity contribution in [2.24, 2.45) is 0 Å². The van der Waals surface area contributed by atoms with E-state index in [4.69, 9.17) is 5.11 Å². The van der Waals surface area contributed by atoms with Crippen molar-refractivity contribution < 1.29 is 24.2 Å². The lowest BCUT2D eigenvalue weighted by Crippen LogP contribution is -2.00. The van der Waals surface area contributed by atoms with Gasteiger partial charge in [0.05, 0.1) is 6.61 Å². The summed E-state index contributed by atoms with van der Waals surface area (Å²) < 4.78 is 8.66. The molecule has 0 aromatic carbocycles. The summed E-state index contributed by atoms with van der Waals surface area (Å²) in [6.07, 6.45) is 4.13. The maximum absolute atomic E-state index is 10.3. The molecule has 0 radical (unpaired) electrons. The standard InChI is InChI=1S/C7H12O2.C4H6O3/c1-3-5-6-9-7(8)4-2;1-2-4(6)7-3-5/h4H,2-3,5-6H2,1H3;2,5H,1,3H2. The van der Waals surface area contributed by atoms with Crippen LogP contribution in [0.4, 0.5) is 0 Å². The molecule has 0 aliphatic rings. The normalized spacial score (nSPS) is 8.12. The molecule has 0 fully saturated rings. The van der Waals surface area contributed by atoms with Gasteiger partial charge >= 0.3 is 11.9 Å². The lowest BCUT2D eigenvalue weighted by Gasteiger charge is -1.97. The third-order valence-corrected chi connectivity index (χ3v) is 1.28. The Morgan fingerprint density at radius 2 is 1.69 bits per heavy atom. The molecule has 0 aliphatic carbocycles. The van der Waals surface area contributed by atoms with E-state index in [-0.39, 0.29) is 5.97 Å². The SMILES string of the molecule is C=CC(=O)OCCCC.C=CC(=O)OCO. The molecule has 5 nitrogen and oxygen atoms in total. The molecule has 0 heterocycles. The monoisotopic (exact) mass is 230 g/mol. The number of hydrogen-bond donors (Lipinski definition) is 1. The van der Waals surface area contributed by atoms with Crippen LogP contribution in [-0.2, 0) is 19.1 Å². The molecule has 0 saturated carbocycles. The predicted molar refractivity (Wildman–Crippen MR) is 59.4 cm³/mol. The van der Waals surface area contributed by atoms with Crippen molar-refractivity contribution in [1.82, 2.24) is 0 Å². The Morgan fingerprint density at radius 1 is 1.19 bits per heavy atom. The second-order valence-corrected chi connectivity index (χ2v) is 2.52. The Balaban J connectivity index is 0. The van der Waals surface area contributed by atoms with Gasteiger partial charge in [0, 0.05) is 12.2 Å². The third kappa shape index (κ3) is 14.9. The van der Waals surface area contributed by atoms with E-state index in [1.807, 2.05) is 6.92 Å². The van der Waals surface area contributed by atoms with Crippen molar-refractivity contribution in [3.63, 3.8) is 0 Å². The van der Waals surface area contributed by atoms with Crippen molar-refractivity contribution in [2.75, 3.05) is 13.4 Å². The average molecular weight is 230 g/mol. The van der Waals surface area contributed by atoms with Crippen LogP contribution in [0.15, 0.2) is 25.3 Å². The topological polar surface area (TPSA) is 72.8 Å². The molecule has 0 saturated heterocycles. The molecule has 0 unspecified atom stereocenters. The highest BCUT2D eigenvalue weighted by Gasteiger charge is 1.91. The zero-order valence-electron chi connectivity index (χ0n) is 9.48. The van der Waals surface area contributed by atoms with E-state index in [2.05, 4.69) is 22.6 Å². The van der Waals surface area contributed by atoms with Crippen LogP contribution in [0.5, 0.6) is 0 Å². The van der Waals surface area contributed by atoms with Gasteiger partial charge in [0.1, 0.15) is 0 Å². The van der Waals surface area contributed by atoms with Crippen molar-refractivity contribution >= 4 is 11.9 Å². The maximum Gasteiger partial charge on any atom is 0.332 e. The Bertz CT molecular complexity index is 222. The van der Waals surface area contributed by atoms with Crippen LogP contribution in [-0.4, -0.2) is 30.4 Å². The van der Waals surface area contributed by atoms with E-state index in [0.29, 0.717) is 6.61 Å². The van der Waals surface area contributed by atoms with Gasteiger partial charge in [-0.1, -0.05) is 26.5 Å². The second kappa shape index (κ2) is 13.4. The summed E-state index contributed by atoms with van der Waals surface area (Å²) in [7, 11) is 0. The zero-order chi connectivity index (χ0) is 12.8. The lowest BCUT2D eigenvalue weighted by molar-refractivity contribution is -0.145. The minimum Gasteiger partial charge on any atom is -0.463 e. The molecule has 16 heavy (non-hydrogen) atoms. The first kappa shape index (κ1) is 16.8. The summed E-state index contributed by atoms with van der Waals surface area (Å²) in [5.74, 6) is -0.939. The molecule has 5 heteroatoms. The first-order valence-corrected chi connectivity index (χ1v) is 4.81. The van der Waals surface area contributed by atoms with E-state index in [1.54, 1.807) is 0 Å². The molecular weight excluding hydrogens is 212 g/mol. The minimum absolute atomic E-state index is 0.330. The number of aliphatic hydroxyl groups is 1. The van der Waals surface area contributed by atoms with Gasteiger partial charge in [0.25, 0.3) is 0 Å². The third-order valence-electron chi connectivity index (χ3n) is 1.28. The highest BCUT2D eigenvalue weighted by Crippen LogP contribution is 1.88. The Kier molecular flexibility index (Phi) is 14.0. The van der Waals surface area contributed by atoms with Gasteiger partial charge < -0.3 is 14.6 Å². The van der Waals surface area contributed by atoms with Crippen LogP contribution in [0.25, 0.3) is 0 Å². The molecular formula is C11H18O5. The fraction of sp³-hybridized carbons (Fsp3) is 0.455. The number of aliphatic hydroxyl groups excluding tert-OH is 1. The summed E-state index contributed by atoms with van der Waals surface area (Å²) >= 11 is 0. The number of carbonyl (C=O) groups excluding carboxylic acids is 2. The van der Waals surface area contributed by atoms with Crippen LogP contribution >= 0.6 is 0 Å². The van der Waals surface area contributed by atoms with Gasteiger partial charge in [0.15, 0.2) is 6.79 Å². The van der Waals surface area contributed by atoms with Crippen LogP contribution in [0, 0.1) is 0 Å². The van der Waals surface area contributed by atoms with E-state index in [1.165, 1.54) is 6.08 Å². The Hall–Kier alpha value is -1.62. The van der Waals surface area contributed by atoms with E-state index in [0.717, 1.165) is 18.9 Å². The first-order chi connectivity index (χ1) is 7.62. The number of ether oxygens (including phenoxy) is 2. The van der Waals surface area contributed by atoms with E-state index in [9.17, 15) is 9.59 Å². The summed E-state index contributed by atoms with van der Waals surface area (Å²) in [6, 6.07) is 0. The smallest absolute Gasteiger partial charge is 0.332 e. The summed E-state index contributed by atoms with van der Waals surface area (Å²) in [6.45, 7) is 8.34. The van der Waals surface area contributed by atoms with Crippen molar-refractivity contribution in [3.8, 4) is 0 Å². The molecule has 0 atom stereocenters. The predicted octanol–water partition coefficient (Wildman–Crippen LogP) is 1.18. The zero-order valence-corrected chi connectivity index (χ0v) is 9.48. The van der Waals surface area contributed by atoms with Gasteiger partial charge in [0.2, 0.25) is 0 Å². The van der Waals surface area contributed by atoms with Gasteiger partial charge in [-0.2, -0.15) is 0 Å². The average Bonchev–Trinajstić information content (AvgIpc) is 2.30. The van der Waals surface area contributed by atoms with E-state index < -0.39 is 12.8 Å². The largest absolute Gasteiger partial charge is 0.463 e. The molecule has 0 bridgehead atoms. The highest BCUT2D eigenvalue weighted by molar-refractivity contribution is 5.81. The molecule has 0 aliphatic heterocycles. The number of rotatable bonds is 6. The van der Waals surface area contributed by atoms with Gasteiger partial charge in [-0.15, -0.1) is 0 Å². The number of esters is 2. The molecule has 1 N–H and O–H groups in total. The van der Waals surface area contributed by atoms with E-state index >= 15 is 0 Å². The Labute approximate surface area is 95.4 Å². The maximum atomic E-state index is 10.3. The number of hydrogen-bond acceptors (Lipinski definition) is 5. The summed E-state index contributed by atoms with van der Waals surface area (Å²) in [4.78, 5) is 20.3. The molecule has 0 rings (SSSR count). The van der Waals surface area contributed by atoms with Crippen molar-refractivity contribution in [1.29, 1.82) is 0 Å². The molecule has 92 valence electrons. The first-order valence-electron chi connectivity index (χ1n) is 4.81. The Morgan fingerprint density at radius 3 is 2.00 bits per heavy atom. The fourth-order valence-corrected chi connectivity index (χ4v) is 0.499. The molecule has 0 aromatic rings. The lowest BCUT2D eigenvalue weighted by atomic mass is 10.4. The minimum atomic E-state index is -0.609. The second-order valence-electron chi connectivity index (χ2n) is 2.52. The molecule has 0 aromatic heterocycles. The van der Waals surface area contributed by atoms with Crippen LogP contribution in [0.2, 0.25) is 0 Å².